The van der Waals surface area contributed by atoms with E-state index in [1.807, 2.05) is 64.2 Å². The van der Waals surface area contributed by atoms with Gasteiger partial charge in [-0.05, 0) is 154 Å². The Balaban J connectivity index is 0.000000476. The molecule has 2 aromatic rings. The molecular formula is C40H44Fe2N2+4. The molecule has 20 radical (unpaired) electrons. The smallest absolute Gasteiger partial charge is 0.299 e. The van der Waals surface area contributed by atoms with Crippen LogP contribution in [0.15, 0.2) is 60.7 Å². The number of hydrogen-bond acceptors (Lipinski definition) is 2. The third-order valence-electron chi connectivity index (χ3n) is 7.94. The Morgan fingerprint density at radius 3 is 1.02 bits per heavy atom. The molecule has 4 aliphatic rings. The quantitative estimate of drug-likeness (QED) is 0.251. The van der Waals surface area contributed by atoms with E-state index in [1.54, 1.807) is 0 Å². The van der Waals surface area contributed by atoms with Crippen LogP contribution < -0.4 is 0 Å². The van der Waals surface area contributed by atoms with Gasteiger partial charge < -0.3 is 0 Å². The van der Waals surface area contributed by atoms with Crippen LogP contribution in [0.1, 0.15) is 37.1 Å². The van der Waals surface area contributed by atoms with E-state index in [9.17, 15) is 0 Å². The summed E-state index contributed by atoms with van der Waals surface area (Å²) in [6.45, 7) is 6.43. The van der Waals surface area contributed by atoms with E-state index in [2.05, 4.69) is 137 Å². The van der Waals surface area contributed by atoms with Gasteiger partial charge in [0.1, 0.15) is 0 Å². The molecule has 6 rings (SSSR count). The van der Waals surface area contributed by atoms with E-state index in [-0.39, 0.29) is 34.1 Å². The van der Waals surface area contributed by atoms with Gasteiger partial charge in [-0.15, -0.1) is 0 Å². The Morgan fingerprint density at radius 2 is 0.727 bits per heavy atom. The van der Waals surface area contributed by atoms with E-state index in [0.29, 0.717) is 12.1 Å². The van der Waals surface area contributed by atoms with Gasteiger partial charge in [-0.3, -0.25) is 9.80 Å². The van der Waals surface area contributed by atoms with Crippen molar-refractivity contribution < 1.29 is 34.1 Å². The minimum Gasteiger partial charge on any atom is -0.299 e. The Labute approximate surface area is 293 Å². The summed E-state index contributed by atoms with van der Waals surface area (Å²) in [7, 11) is 4.44. The van der Waals surface area contributed by atoms with Gasteiger partial charge in [-0.1, -0.05) is 60.7 Å². The first-order valence-corrected chi connectivity index (χ1v) is 14.9. The van der Waals surface area contributed by atoms with E-state index in [0.717, 1.165) is 13.1 Å². The fraction of sp³-hybridized carbons (Fsp3) is 0.200. The first kappa shape index (κ1) is 39.6. The number of rotatable bonds is 9. The summed E-state index contributed by atoms with van der Waals surface area (Å²) in [5, 5.41) is 0. The van der Waals surface area contributed by atoms with Gasteiger partial charge in [0.15, 0.2) is 0 Å². The summed E-state index contributed by atoms with van der Waals surface area (Å²) >= 11 is 0. The molecule has 0 amide bonds. The molecule has 44 heavy (non-hydrogen) atoms. The van der Waals surface area contributed by atoms with Crippen LogP contribution in [0.2, 0.25) is 0 Å². The Bertz CT molecular complexity index is 867. The van der Waals surface area contributed by atoms with E-state index >= 15 is 0 Å². The SMILES string of the molecule is C[C@@H](c1ccccc1)N(C)C[C]1[CH][CH][CH][C]1[C]1[CH][CH][CH][C]1CN(C)[C@@H](C)c1ccccc1.[CH]1[CH][CH][CH][CH]1.[CH]1[CH][CH][CH][CH]1.[Fe+2].[Fe+2]. The summed E-state index contributed by atoms with van der Waals surface area (Å²) in [6.07, 6.45) is 33.5. The molecule has 2 nitrogen and oxygen atoms in total. The maximum Gasteiger partial charge on any atom is 2.00 e. The molecule has 0 spiro atoms. The minimum atomic E-state index is 0. The average molecular weight is 664 g/mol. The molecular weight excluding hydrogens is 620 g/mol. The molecule has 0 heterocycles. The van der Waals surface area contributed by atoms with Gasteiger partial charge in [0, 0.05) is 37.0 Å². The van der Waals surface area contributed by atoms with Gasteiger partial charge in [0.25, 0.3) is 0 Å². The molecule has 0 bridgehead atoms. The van der Waals surface area contributed by atoms with Crippen LogP contribution in [0.4, 0.5) is 0 Å². The van der Waals surface area contributed by atoms with E-state index in [1.165, 1.54) is 34.8 Å². The van der Waals surface area contributed by atoms with Crippen LogP contribution in [0.3, 0.4) is 0 Å². The fourth-order valence-corrected chi connectivity index (χ4v) is 5.14. The van der Waals surface area contributed by atoms with Gasteiger partial charge >= 0.3 is 34.1 Å². The van der Waals surface area contributed by atoms with Gasteiger partial charge in [0.05, 0.1) is 0 Å². The minimum absolute atomic E-state index is 0. The average Bonchev–Trinajstić information content (AvgIpc) is 3.87. The van der Waals surface area contributed by atoms with E-state index < -0.39 is 0 Å². The number of benzene rings is 2. The van der Waals surface area contributed by atoms with Crippen molar-refractivity contribution in [2.24, 2.45) is 0 Å². The maximum absolute atomic E-state index is 2.43. The summed E-state index contributed by atoms with van der Waals surface area (Å²) in [5.41, 5.74) is 2.71. The number of nitrogens with zero attached hydrogens (tertiary/aromatic N) is 2. The molecule has 4 fully saturated rings. The zero-order valence-electron chi connectivity index (χ0n) is 26.2. The van der Waals surface area contributed by atoms with Crippen LogP contribution in [-0.2, 0) is 34.1 Å². The van der Waals surface area contributed by atoms with Crippen molar-refractivity contribution in [1.29, 1.82) is 0 Å². The van der Waals surface area contributed by atoms with Crippen molar-refractivity contribution in [3.05, 3.63) is 198 Å². The summed E-state index contributed by atoms with van der Waals surface area (Å²) in [4.78, 5) is 4.86. The predicted octanol–water partition coefficient (Wildman–Crippen LogP) is 7.96. The van der Waals surface area contributed by atoms with Crippen LogP contribution in [-0.4, -0.2) is 37.0 Å². The van der Waals surface area contributed by atoms with Crippen LogP contribution in [0, 0.1) is 126 Å². The first-order chi connectivity index (χ1) is 20.5. The van der Waals surface area contributed by atoms with Gasteiger partial charge in [0.2, 0.25) is 0 Å². The molecule has 4 saturated carbocycles. The fourth-order valence-electron chi connectivity index (χ4n) is 5.14. The van der Waals surface area contributed by atoms with Gasteiger partial charge in [-0.25, -0.2) is 0 Å². The zero-order valence-corrected chi connectivity index (χ0v) is 28.4. The Morgan fingerprint density at radius 1 is 0.432 bits per heavy atom. The van der Waals surface area contributed by atoms with Crippen molar-refractivity contribution >= 4 is 0 Å². The van der Waals surface area contributed by atoms with Crippen LogP contribution in [0.25, 0.3) is 0 Å². The van der Waals surface area contributed by atoms with Crippen molar-refractivity contribution in [1.82, 2.24) is 9.80 Å². The van der Waals surface area contributed by atoms with Crippen molar-refractivity contribution in [3.8, 4) is 0 Å². The summed E-state index contributed by atoms with van der Waals surface area (Å²) in [6, 6.07) is 22.3. The summed E-state index contributed by atoms with van der Waals surface area (Å²) < 4.78 is 0. The third kappa shape index (κ3) is 12.5. The molecule has 4 aliphatic carbocycles. The molecule has 0 N–H and O–H groups in total. The topological polar surface area (TPSA) is 6.48 Å². The molecule has 0 saturated heterocycles. The monoisotopic (exact) mass is 664 g/mol. The second-order valence-corrected chi connectivity index (χ2v) is 10.9. The zero-order chi connectivity index (χ0) is 29.6. The van der Waals surface area contributed by atoms with Crippen molar-refractivity contribution in [2.45, 2.75) is 25.9 Å². The van der Waals surface area contributed by atoms with Gasteiger partial charge in [-0.2, -0.15) is 0 Å². The normalized spacial score (nSPS) is 20.8. The van der Waals surface area contributed by atoms with Crippen molar-refractivity contribution in [2.75, 3.05) is 27.2 Å². The van der Waals surface area contributed by atoms with Crippen molar-refractivity contribution in [3.63, 3.8) is 0 Å². The predicted molar refractivity (Wildman–Crippen MR) is 177 cm³/mol. The molecule has 0 unspecified atom stereocenters. The second kappa shape index (κ2) is 22.1. The largest absolute Gasteiger partial charge is 2.00 e. The number of hydrogen-bond donors (Lipinski definition) is 0. The Hall–Kier alpha value is -0.601. The molecule has 2 aromatic carbocycles. The summed E-state index contributed by atoms with van der Waals surface area (Å²) in [5.74, 6) is 5.50. The molecule has 226 valence electrons. The third-order valence-corrected chi connectivity index (χ3v) is 7.94. The van der Waals surface area contributed by atoms with Crippen LogP contribution >= 0.6 is 0 Å². The van der Waals surface area contributed by atoms with E-state index in [4.69, 9.17) is 0 Å². The standard InChI is InChI=1S/C30H34N2.2C5H5.2Fe/c1-23(25-13-7-5-8-14-25)31(3)21-27-17-11-19-29(27)30-20-12-18-28(30)22-32(4)24(2)26-15-9-6-10-16-26;2*1-2-4-5-3-1;;/h5-20,23-24H,21-22H2,1-4H3;2*1-5H;;/q;;;2*+2/t23-,24-;;;;/m0..../s1. The molecule has 4 heteroatoms. The molecule has 0 aliphatic heterocycles. The Kier molecular flexibility index (Phi) is 19.8. The molecule has 0 aromatic heterocycles. The first-order valence-electron chi connectivity index (χ1n) is 14.9. The maximum atomic E-state index is 2.43. The van der Waals surface area contributed by atoms with Crippen LogP contribution in [0.5, 0.6) is 0 Å². The molecule has 2 atom stereocenters. The second-order valence-electron chi connectivity index (χ2n) is 10.9.